The molecule has 20 nitrogen and oxygen atoms in total. The molecule has 8 rings (SSSR count). The monoisotopic (exact) mass is 1090 g/mol. The van der Waals surface area contributed by atoms with E-state index in [1.165, 1.54) is 43.2 Å². The van der Waals surface area contributed by atoms with Crippen molar-refractivity contribution in [1.29, 1.82) is 0 Å². The van der Waals surface area contributed by atoms with Gasteiger partial charge in [-0.05, 0) is 116 Å². The van der Waals surface area contributed by atoms with E-state index in [-0.39, 0.29) is 23.2 Å². The Kier molecular flexibility index (Phi) is 19.8. The topological polar surface area (TPSA) is 264 Å². The minimum Gasteiger partial charge on any atom is -0.496 e. The zero-order valence-corrected chi connectivity index (χ0v) is 44.3. The third-order valence-electron chi connectivity index (χ3n) is 13.6. The Hall–Kier alpha value is -8.46. The normalized spacial score (nSPS) is 14.3. The van der Waals surface area contributed by atoms with Gasteiger partial charge in [0.15, 0.2) is 11.4 Å². The van der Waals surface area contributed by atoms with Gasteiger partial charge in [0, 0.05) is 5.02 Å². The number of rotatable bonds is 20. The zero-order chi connectivity index (χ0) is 55.9. The number of carboxylic acids is 2. The Morgan fingerprint density at radius 2 is 0.949 bits per heavy atom. The van der Waals surface area contributed by atoms with Gasteiger partial charge in [-0.2, -0.15) is 10.2 Å². The van der Waals surface area contributed by atoms with Gasteiger partial charge in [-0.25, -0.2) is 13.8 Å². The van der Waals surface area contributed by atoms with E-state index < -0.39 is 66.6 Å². The van der Waals surface area contributed by atoms with E-state index in [4.69, 9.17) is 40.8 Å². The molecule has 0 saturated heterocycles. The van der Waals surface area contributed by atoms with Crippen LogP contribution in [0.4, 0.5) is 4.39 Å². The highest BCUT2D eigenvalue weighted by Gasteiger charge is 2.35. The summed E-state index contributed by atoms with van der Waals surface area (Å²) in [6.07, 6.45) is 8.77. The lowest BCUT2D eigenvalue weighted by molar-refractivity contribution is -0.138. The van der Waals surface area contributed by atoms with E-state index in [2.05, 4.69) is 31.5 Å². The second kappa shape index (κ2) is 27.0. The average molecular weight is 1090 g/mol. The largest absolute Gasteiger partial charge is 0.496 e. The predicted molar refractivity (Wildman–Crippen MR) is 286 cm³/mol. The first-order valence-corrected chi connectivity index (χ1v) is 25.8. The Bertz CT molecular complexity index is 3050. The molecule has 0 unspecified atom stereocenters. The van der Waals surface area contributed by atoms with Gasteiger partial charge in [0.25, 0.3) is 11.8 Å². The summed E-state index contributed by atoms with van der Waals surface area (Å²) in [6.45, 7) is -1.08. The fourth-order valence-electron chi connectivity index (χ4n) is 9.84. The molecular weight excluding hydrogens is 1030 g/mol. The highest BCUT2D eigenvalue weighted by molar-refractivity contribution is 6.30. The number of nitrogens with one attached hydrogen (secondary N) is 4. The van der Waals surface area contributed by atoms with Crippen LogP contribution >= 0.6 is 11.6 Å². The molecule has 2 aromatic heterocycles. The molecule has 6 N–H and O–H groups in total. The number of ether oxygens (including phenoxy) is 4. The summed E-state index contributed by atoms with van der Waals surface area (Å²) in [7, 11) is 6.08. The number of aromatic nitrogens is 4. The number of benzene rings is 4. The Morgan fingerprint density at radius 3 is 1.32 bits per heavy atom. The Labute approximate surface area is 454 Å². The number of carbonyl (C=O) groups excluding carboxylic acids is 4. The van der Waals surface area contributed by atoms with Crippen molar-refractivity contribution in [1.82, 2.24) is 40.8 Å². The maximum Gasteiger partial charge on any atom is 0.322 e. The molecule has 0 bridgehead atoms. The second-order valence-electron chi connectivity index (χ2n) is 18.6. The molecule has 0 radical (unpaired) electrons. The van der Waals surface area contributed by atoms with Gasteiger partial charge in [0.05, 0.1) is 62.3 Å². The van der Waals surface area contributed by atoms with Crippen LogP contribution in [0.15, 0.2) is 97.1 Å². The number of carboxylic acid groups (broad SMARTS) is 2. The Morgan fingerprint density at radius 1 is 0.564 bits per heavy atom. The fourth-order valence-corrected chi connectivity index (χ4v) is 9.96. The minimum atomic E-state index is -1.18. The third-order valence-corrected chi connectivity index (χ3v) is 13.8. The van der Waals surface area contributed by atoms with Gasteiger partial charge in [0.1, 0.15) is 54.0 Å². The van der Waals surface area contributed by atoms with Gasteiger partial charge >= 0.3 is 11.9 Å². The van der Waals surface area contributed by atoms with E-state index in [1.807, 2.05) is 0 Å². The van der Waals surface area contributed by atoms with Crippen molar-refractivity contribution in [3.8, 4) is 56.9 Å². The lowest BCUT2D eigenvalue weighted by Crippen LogP contribution is -2.52. The van der Waals surface area contributed by atoms with E-state index in [0.29, 0.717) is 61.9 Å². The molecule has 2 atom stereocenters. The molecule has 2 aliphatic rings. The quantitative estimate of drug-likeness (QED) is 0.0429. The predicted octanol–water partition coefficient (Wildman–Crippen LogP) is 7.66. The highest BCUT2D eigenvalue weighted by atomic mass is 35.5. The Balaban J connectivity index is 0.000000226. The number of amides is 4. The maximum absolute atomic E-state index is 14.2. The number of nitrogens with zero attached hydrogens (tertiary/aromatic N) is 4. The van der Waals surface area contributed by atoms with E-state index in [1.54, 1.807) is 91.7 Å². The van der Waals surface area contributed by atoms with Crippen LogP contribution in [-0.2, 0) is 19.2 Å². The van der Waals surface area contributed by atoms with Crippen molar-refractivity contribution >= 4 is 47.2 Å². The van der Waals surface area contributed by atoms with E-state index >= 15 is 0 Å². The number of hydrogen-bond acceptors (Lipinski definition) is 12. The maximum atomic E-state index is 14.2. The van der Waals surface area contributed by atoms with Crippen LogP contribution < -0.4 is 40.2 Å². The second-order valence-corrected chi connectivity index (χ2v) is 19.0. The SMILES string of the molecule is COc1cccc(OC)c1-c1cc(C(=O)N[C@H](C(=O)NCC(=O)O)C2CCCCC2)nn1-c1ccc(Cl)cc1.COc1cccc(OC)c1-c1cc(C(=O)N[C@H](C(=O)NCC(=O)O)C2CCCCC2)nn1-c1cccc(F)c1. The lowest BCUT2D eigenvalue weighted by atomic mass is 9.83. The highest BCUT2D eigenvalue weighted by Crippen LogP contribution is 2.41. The van der Waals surface area contributed by atoms with Crippen LogP contribution in [0.1, 0.15) is 85.2 Å². The molecule has 22 heteroatoms. The van der Waals surface area contributed by atoms with Crippen molar-refractivity contribution in [3.63, 3.8) is 0 Å². The van der Waals surface area contributed by atoms with Crippen LogP contribution in [0.3, 0.4) is 0 Å². The summed E-state index contributed by atoms with van der Waals surface area (Å²) in [5.74, 6) is -3.40. The molecule has 0 aliphatic heterocycles. The van der Waals surface area contributed by atoms with Crippen LogP contribution in [0.25, 0.3) is 33.9 Å². The molecule has 2 aliphatic carbocycles. The zero-order valence-electron chi connectivity index (χ0n) is 43.6. The summed E-state index contributed by atoms with van der Waals surface area (Å²) in [5, 5.41) is 38.1. The summed E-state index contributed by atoms with van der Waals surface area (Å²) >= 11 is 6.10. The van der Waals surface area contributed by atoms with Gasteiger partial charge in [-0.3, -0.25) is 28.8 Å². The van der Waals surface area contributed by atoms with Crippen molar-refractivity contribution in [2.75, 3.05) is 41.5 Å². The summed E-state index contributed by atoms with van der Waals surface area (Å²) in [6, 6.07) is 24.6. The minimum absolute atomic E-state index is 0.0194. The molecule has 412 valence electrons. The van der Waals surface area contributed by atoms with Gasteiger partial charge < -0.3 is 50.4 Å². The molecule has 4 aromatic carbocycles. The number of halogens is 2. The molecule has 0 spiro atoms. The standard InChI is InChI=1S/C28H31ClN4O6.C28H31FN4O6/c1-38-22-9-6-10-23(39-2)25(22)21-15-20(32-33(21)19-13-11-18(29)12-14-19)27(36)31-26(17-7-4-3-5-8-17)28(37)30-16-24(34)35;1-38-22-12-7-13-23(39-2)25(22)21-15-20(32-33(21)19-11-6-10-18(29)14-19)27(36)31-26(17-8-4-3-5-9-17)28(37)30-16-24(34)35/h6,9-15,17,26H,3-5,7-8,16H2,1-2H3,(H,30,37)(H,31,36)(H,34,35);6-7,10-15,17,26H,3-5,8-9,16H2,1-2H3,(H,30,37)(H,31,36)(H,34,35)/t2*26-/m00/s1. The van der Waals surface area contributed by atoms with Crippen LogP contribution in [-0.4, -0.2) is 119 Å². The number of hydrogen-bond donors (Lipinski definition) is 6. The first-order chi connectivity index (χ1) is 37.6. The van der Waals surface area contributed by atoms with Crippen molar-refractivity contribution < 1.29 is 62.3 Å². The van der Waals surface area contributed by atoms with E-state index in [0.717, 1.165) is 64.2 Å². The molecule has 4 amide bonds. The van der Waals surface area contributed by atoms with Crippen LogP contribution in [0.5, 0.6) is 23.0 Å². The summed E-state index contributed by atoms with van der Waals surface area (Å²) in [5.41, 5.74) is 3.08. The number of methoxy groups -OCH3 is 4. The van der Waals surface area contributed by atoms with Gasteiger partial charge in [0.2, 0.25) is 11.8 Å². The smallest absolute Gasteiger partial charge is 0.322 e. The molecule has 78 heavy (non-hydrogen) atoms. The van der Waals surface area contributed by atoms with Crippen molar-refractivity contribution in [2.45, 2.75) is 76.3 Å². The fraction of sp³-hybridized carbons (Fsp3) is 0.357. The molecule has 2 heterocycles. The summed E-state index contributed by atoms with van der Waals surface area (Å²) in [4.78, 5) is 75.1. The van der Waals surface area contributed by atoms with Crippen LogP contribution in [0.2, 0.25) is 5.02 Å². The summed E-state index contributed by atoms with van der Waals surface area (Å²) < 4.78 is 39.5. The van der Waals surface area contributed by atoms with Gasteiger partial charge in [-0.1, -0.05) is 68.3 Å². The van der Waals surface area contributed by atoms with Crippen molar-refractivity contribution in [3.05, 3.63) is 119 Å². The molecule has 2 saturated carbocycles. The first kappa shape index (κ1) is 57.2. The lowest BCUT2D eigenvalue weighted by Gasteiger charge is -2.29. The first-order valence-electron chi connectivity index (χ1n) is 25.4. The van der Waals surface area contributed by atoms with Crippen LogP contribution in [0, 0.1) is 17.7 Å². The average Bonchev–Trinajstić information content (AvgIpc) is 4.12. The van der Waals surface area contributed by atoms with E-state index in [9.17, 15) is 33.2 Å². The number of carbonyl (C=O) groups is 6. The van der Waals surface area contributed by atoms with Gasteiger partial charge in [-0.15, -0.1) is 0 Å². The molecule has 6 aromatic rings. The molecule has 2 fully saturated rings. The molecular formula is C56H62ClFN8O12. The van der Waals surface area contributed by atoms with Crippen molar-refractivity contribution in [2.24, 2.45) is 11.8 Å². The third kappa shape index (κ3) is 14.1. The number of aliphatic carboxylic acids is 2.